The highest BCUT2D eigenvalue weighted by atomic mass is 16.4. The van der Waals surface area contributed by atoms with Crippen molar-refractivity contribution in [1.82, 2.24) is 10.6 Å². The molecule has 0 aliphatic heterocycles. The van der Waals surface area contributed by atoms with E-state index in [2.05, 4.69) is 24.5 Å². The Kier molecular flexibility index (Phi) is 7.34. The van der Waals surface area contributed by atoms with Crippen LogP contribution in [-0.4, -0.2) is 29.7 Å². The van der Waals surface area contributed by atoms with E-state index in [0.29, 0.717) is 18.9 Å². The summed E-state index contributed by atoms with van der Waals surface area (Å²) in [6.45, 7) is 8.66. The maximum absolute atomic E-state index is 11.8. The van der Waals surface area contributed by atoms with Crippen LogP contribution in [0.5, 0.6) is 0 Å². The molecule has 0 aliphatic carbocycles. The molecule has 1 unspecified atom stereocenters. The van der Waals surface area contributed by atoms with Crippen molar-refractivity contribution in [3.63, 3.8) is 0 Å². The van der Waals surface area contributed by atoms with Crippen molar-refractivity contribution in [2.45, 2.75) is 46.6 Å². The second kappa shape index (κ2) is 7.92. The number of hydrogen-bond donors (Lipinski definition) is 3. The minimum Gasteiger partial charge on any atom is -0.465 e. The lowest BCUT2D eigenvalue weighted by molar-refractivity contribution is -0.123. The van der Waals surface area contributed by atoms with Gasteiger partial charge in [0.1, 0.15) is 6.04 Å². The minimum absolute atomic E-state index is 0.234. The summed E-state index contributed by atoms with van der Waals surface area (Å²) in [6.07, 6.45) is 0.252. The third kappa shape index (κ3) is 8.54. The normalized spacial score (nSPS) is 12.6. The third-order valence-electron chi connectivity index (χ3n) is 2.34. The van der Waals surface area contributed by atoms with Crippen LogP contribution in [0.25, 0.3) is 0 Å². The Morgan fingerprint density at radius 3 is 2.12 bits per heavy atom. The smallest absolute Gasteiger partial charge is 0.405 e. The highest BCUT2D eigenvalue weighted by Gasteiger charge is 2.21. The van der Waals surface area contributed by atoms with E-state index in [1.54, 1.807) is 0 Å². The van der Waals surface area contributed by atoms with Crippen molar-refractivity contribution in [1.29, 1.82) is 0 Å². The van der Waals surface area contributed by atoms with Crippen LogP contribution in [0.15, 0.2) is 0 Å². The second-order valence-corrected chi connectivity index (χ2v) is 5.11. The molecule has 17 heavy (non-hydrogen) atoms. The molecular formula is C12H24N2O3. The zero-order valence-corrected chi connectivity index (χ0v) is 11.1. The highest BCUT2D eigenvalue weighted by molar-refractivity contribution is 5.85. The molecule has 0 rings (SSSR count). The Labute approximate surface area is 103 Å². The fourth-order valence-corrected chi connectivity index (χ4v) is 1.46. The van der Waals surface area contributed by atoms with Crippen molar-refractivity contribution in [2.75, 3.05) is 6.54 Å². The summed E-state index contributed by atoms with van der Waals surface area (Å²) in [5, 5.41) is 13.7. The zero-order chi connectivity index (χ0) is 13.4. The van der Waals surface area contributed by atoms with Crippen molar-refractivity contribution in [2.24, 2.45) is 11.8 Å². The van der Waals surface area contributed by atoms with Gasteiger partial charge in [0.2, 0.25) is 5.91 Å². The first-order valence-electron chi connectivity index (χ1n) is 6.10. The van der Waals surface area contributed by atoms with E-state index in [-0.39, 0.29) is 11.8 Å². The van der Waals surface area contributed by atoms with Crippen molar-refractivity contribution in [3.05, 3.63) is 0 Å². The largest absolute Gasteiger partial charge is 0.465 e. The quantitative estimate of drug-likeness (QED) is 0.639. The third-order valence-corrected chi connectivity index (χ3v) is 2.34. The van der Waals surface area contributed by atoms with Crippen molar-refractivity contribution < 1.29 is 14.7 Å². The van der Waals surface area contributed by atoms with Gasteiger partial charge in [-0.1, -0.05) is 27.7 Å². The summed E-state index contributed by atoms with van der Waals surface area (Å²) >= 11 is 0. The van der Waals surface area contributed by atoms with Crippen molar-refractivity contribution in [3.8, 4) is 0 Å². The molecule has 3 N–H and O–H groups in total. The van der Waals surface area contributed by atoms with Gasteiger partial charge in [-0.3, -0.25) is 4.79 Å². The summed E-state index contributed by atoms with van der Waals surface area (Å²) in [6, 6.07) is -0.653. The molecular weight excluding hydrogens is 220 g/mol. The minimum atomic E-state index is -1.16. The van der Waals surface area contributed by atoms with Crippen LogP contribution < -0.4 is 10.6 Å². The Morgan fingerprint density at radius 2 is 1.71 bits per heavy atom. The van der Waals surface area contributed by atoms with E-state index in [4.69, 9.17) is 5.11 Å². The number of carboxylic acid groups (broad SMARTS) is 1. The summed E-state index contributed by atoms with van der Waals surface area (Å²) in [5.74, 6) is 0.552. The fourth-order valence-electron chi connectivity index (χ4n) is 1.46. The number of hydrogen-bond acceptors (Lipinski definition) is 2. The molecule has 5 heteroatoms. The molecule has 0 aromatic carbocycles. The van der Waals surface area contributed by atoms with Gasteiger partial charge in [-0.2, -0.15) is 0 Å². The molecule has 0 radical (unpaired) electrons. The van der Waals surface area contributed by atoms with E-state index in [0.717, 1.165) is 6.42 Å². The van der Waals surface area contributed by atoms with Crippen LogP contribution in [-0.2, 0) is 4.79 Å². The lowest BCUT2D eigenvalue weighted by Crippen LogP contribution is -2.47. The van der Waals surface area contributed by atoms with Gasteiger partial charge in [-0.05, 0) is 24.7 Å². The highest BCUT2D eigenvalue weighted by Crippen LogP contribution is 2.05. The summed E-state index contributed by atoms with van der Waals surface area (Å²) < 4.78 is 0. The van der Waals surface area contributed by atoms with Gasteiger partial charge in [-0.15, -0.1) is 0 Å². The standard InChI is InChI=1S/C12H24N2O3/c1-8(2)5-6-13-11(15)10(7-9(3)4)14-12(16)17/h8-10,14H,5-7H2,1-4H3,(H,13,15)(H,16,17). The van der Waals surface area contributed by atoms with E-state index in [1.165, 1.54) is 0 Å². The monoisotopic (exact) mass is 244 g/mol. The number of carbonyl (C=O) groups excluding carboxylic acids is 1. The SMILES string of the molecule is CC(C)CCNC(=O)C(CC(C)C)NC(=O)O. The Morgan fingerprint density at radius 1 is 1.12 bits per heavy atom. The van der Waals surface area contributed by atoms with Gasteiger partial charge in [0.15, 0.2) is 0 Å². The molecule has 100 valence electrons. The molecule has 0 heterocycles. The van der Waals surface area contributed by atoms with Gasteiger partial charge in [-0.25, -0.2) is 4.79 Å². The molecule has 0 bridgehead atoms. The van der Waals surface area contributed by atoms with Crippen LogP contribution >= 0.6 is 0 Å². The molecule has 0 aliphatic rings. The molecule has 0 spiro atoms. The first kappa shape index (κ1) is 15.7. The number of amides is 2. The molecule has 0 aromatic rings. The summed E-state index contributed by atoms with van der Waals surface area (Å²) in [5.41, 5.74) is 0. The average molecular weight is 244 g/mol. The van der Waals surface area contributed by atoms with Crippen molar-refractivity contribution >= 4 is 12.0 Å². The molecule has 1 atom stereocenters. The molecule has 0 saturated carbocycles. The molecule has 0 saturated heterocycles. The van der Waals surface area contributed by atoms with Crippen LogP contribution in [0.3, 0.4) is 0 Å². The number of rotatable bonds is 7. The lowest BCUT2D eigenvalue weighted by atomic mass is 10.0. The topological polar surface area (TPSA) is 78.4 Å². The van der Waals surface area contributed by atoms with E-state index < -0.39 is 12.1 Å². The fraction of sp³-hybridized carbons (Fsp3) is 0.833. The van der Waals surface area contributed by atoms with Gasteiger partial charge < -0.3 is 15.7 Å². The maximum atomic E-state index is 11.8. The predicted molar refractivity (Wildman–Crippen MR) is 66.9 cm³/mol. The first-order valence-corrected chi connectivity index (χ1v) is 6.10. The van der Waals surface area contributed by atoms with E-state index >= 15 is 0 Å². The van der Waals surface area contributed by atoms with Crippen LogP contribution in [0.1, 0.15) is 40.5 Å². The number of carbonyl (C=O) groups is 2. The van der Waals surface area contributed by atoms with Gasteiger partial charge in [0.05, 0.1) is 0 Å². The average Bonchev–Trinajstić information content (AvgIpc) is 2.14. The first-order chi connectivity index (χ1) is 7.82. The molecule has 2 amide bonds. The Bertz CT molecular complexity index is 252. The van der Waals surface area contributed by atoms with E-state index in [1.807, 2.05) is 13.8 Å². The Balaban J connectivity index is 4.17. The van der Waals surface area contributed by atoms with Gasteiger partial charge in [0.25, 0.3) is 0 Å². The molecule has 0 aromatic heterocycles. The van der Waals surface area contributed by atoms with Crippen LogP contribution in [0.4, 0.5) is 4.79 Å². The predicted octanol–water partition coefficient (Wildman–Crippen LogP) is 1.83. The van der Waals surface area contributed by atoms with E-state index in [9.17, 15) is 9.59 Å². The maximum Gasteiger partial charge on any atom is 0.405 e. The number of nitrogens with one attached hydrogen (secondary N) is 2. The summed E-state index contributed by atoms with van der Waals surface area (Å²) in [4.78, 5) is 22.3. The molecule has 5 nitrogen and oxygen atoms in total. The van der Waals surface area contributed by atoms with Gasteiger partial charge in [0, 0.05) is 6.54 Å². The second-order valence-electron chi connectivity index (χ2n) is 5.11. The van der Waals surface area contributed by atoms with Crippen LogP contribution in [0, 0.1) is 11.8 Å². The lowest BCUT2D eigenvalue weighted by Gasteiger charge is -2.18. The zero-order valence-electron chi connectivity index (χ0n) is 11.1. The molecule has 0 fully saturated rings. The summed E-state index contributed by atoms with van der Waals surface area (Å²) in [7, 11) is 0. The van der Waals surface area contributed by atoms with Crippen LogP contribution in [0.2, 0.25) is 0 Å². The van der Waals surface area contributed by atoms with Gasteiger partial charge >= 0.3 is 6.09 Å². The Hall–Kier alpha value is -1.26.